The minimum Gasteiger partial charge on any atom is -0.396 e. The summed E-state index contributed by atoms with van der Waals surface area (Å²) in [4.78, 5) is 0. The van der Waals surface area contributed by atoms with Crippen molar-refractivity contribution in [3.63, 3.8) is 0 Å². The molecule has 0 aromatic heterocycles. The first-order chi connectivity index (χ1) is 6.14. The van der Waals surface area contributed by atoms with Gasteiger partial charge in [0.25, 0.3) is 0 Å². The molecule has 3 heteroatoms. The van der Waals surface area contributed by atoms with Crippen molar-refractivity contribution in [2.45, 2.75) is 44.8 Å². The zero-order chi connectivity index (χ0) is 9.73. The second-order valence-corrected chi connectivity index (χ2v) is 4.40. The Labute approximate surface area is 80.5 Å². The van der Waals surface area contributed by atoms with Gasteiger partial charge in [0.1, 0.15) is 0 Å². The molecule has 1 atom stereocenters. The van der Waals surface area contributed by atoms with Gasteiger partial charge in [0.2, 0.25) is 0 Å². The number of hydrogen-bond donors (Lipinski definition) is 2. The van der Waals surface area contributed by atoms with Gasteiger partial charge in [0, 0.05) is 18.7 Å². The van der Waals surface area contributed by atoms with Crippen LogP contribution in [0.1, 0.15) is 33.1 Å². The molecule has 1 unspecified atom stereocenters. The number of rotatable bonds is 7. The molecular weight excluding hydrogens is 166 g/mol. The van der Waals surface area contributed by atoms with E-state index in [1.165, 1.54) is 0 Å². The molecule has 1 rings (SSSR count). The summed E-state index contributed by atoms with van der Waals surface area (Å²) in [6, 6.07) is 0. The fourth-order valence-corrected chi connectivity index (χ4v) is 1.34. The van der Waals surface area contributed by atoms with Gasteiger partial charge in [-0.2, -0.15) is 0 Å². The van der Waals surface area contributed by atoms with Crippen LogP contribution in [0.4, 0.5) is 0 Å². The van der Waals surface area contributed by atoms with Gasteiger partial charge in [-0.05, 0) is 33.1 Å². The van der Waals surface area contributed by atoms with E-state index in [0.717, 1.165) is 32.4 Å². The van der Waals surface area contributed by atoms with E-state index in [9.17, 15) is 0 Å². The summed E-state index contributed by atoms with van der Waals surface area (Å²) < 4.78 is 5.13. The van der Waals surface area contributed by atoms with Crippen LogP contribution in [0.5, 0.6) is 0 Å². The van der Waals surface area contributed by atoms with Crippen LogP contribution in [-0.4, -0.2) is 36.5 Å². The molecule has 0 aromatic rings. The summed E-state index contributed by atoms with van der Waals surface area (Å²) in [7, 11) is 0. The van der Waals surface area contributed by atoms with E-state index in [1.54, 1.807) is 0 Å². The average Bonchev–Trinajstić information content (AvgIpc) is 2.84. The second kappa shape index (κ2) is 4.94. The van der Waals surface area contributed by atoms with Crippen LogP contribution in [0.2, 0.25) is 0 Å². The predicted molar refractivity (Wildman–Crippen MR) is 52.8 cm³/mol. The van der Waals surface area contributed by atoms with Gasteiger partial charge in [-0.3, -0.25) is 0 Å². The Morgan fingerprint density at radius 3 is 2.69 bits per heavy atom. The van der Waals surface area contributed by atoms with E-state index in [4.69, 9.17) is 9.84 Å². The van der Waals surface area contributed by atoms with Crippen LogP contribution >= 0.6 is 0 Å². The lowest BCUT2D eigenvalue weighted by Gasteiger charge is -2.25. The lowest BCUT2D eigenvalue weighted by Crippen LogP contribution is -2.41. The first kappa shape index (κ1) is 11.0. The first-order valence-electron chi connectivity index (χ1n) is 5.11. The van der Waals surface area contributed by atoms with E-state index in [1.807, 2.05) is 0 Å². The highest BCUT2D eigenvalue weighted by atomic mass is 16.6. The molecule has 3 nitrogen and oxygen atoms in total. The molecule has 0 aromatic carbocycles. The van der Waals surface area contributed by atoms with E-state index < -0.39 is 0 Å². The maximum atomic E-state index is 8.65. The van der Waals surface area contributed by atoms with Gasteiger partial charge in [-0.25, -0.2) is 0 Å². The Balaban J connectivity index is 2.03. The zero-order valence-corrected chi connectivity index (χ0v) is 8.68. The van der Waals surface area contributed by atoms with Crippen LogP contribution in [0.15, 0.2) is 0 Å². The zero-order valence-electron chi connectivity index (χ0n) is 8.68. The second-order valence-electron chi connectivity index (χ2n) is 4.40. The highest BCUT2D eigenvalue weighted by Gasteiger charge is 2.25. The molecular formula is C10H21NO2. The Bertz CT molecular complexity index is 144. The van der Waals surface area contributed by atoms with Gasteiger partial charge >= 0.3 is 0 Å². The van der Waals surface area contributed by atoms with Crippen molar-refractivity contribution in [2.24, 2.45) is 0 Å². The number of aliphatic hydroxyl groups is 1. The van der Waals surface area contributed by atoms with Gasteiger partial charge in [0.15, 0.2) is 0 Å². The molecule has 1 fully saturated rings. The van der Waals surface area contributed by atoms with E-state index in [2.05, 4.69) is 19.2 Å². The first-order valence-corrected chi connectivity index (χ1v) is 5.11. The number of ether oxygens (including phenoxy) is 1. The van der Waals surface area contributed by atoms with Crippen molar-refractivity contribution >= 4 is 0 Å². The number of epoxide rings is 1. The molecule has 78 valence electrons. The summed E-state index contributed by atoms with van der Waals surface area (Å²) in [5, 5.41) is 12.1. The quantitative estimate of drug-likeness (QED) is 0.460. The summed E-state index contributed by atoms with van der Waals surface area (Å²) in [5.41, 5.74) is 0.182. The maximum Gasteiger partial charge on any atom is 0.0934 e. The minimum absolute atomic E-state index is 0.182. The topological polar surface area (TPSA) is 44.8 Å². The molecule has 1 heterocycles. The number of nitrogens with one attached hydrogen (secondary N) is 1. The Hall–Kier alpha value is -0.120. The van der Waals surface area contributed by atoms with Crippen molar-refractivity contribution < 1.29 is 9.84 Å². The fraction of sp³-hybridized carbons (Fsp3) is 1.00. The Morgan fingerprint density at radius 1 is 1.46 bits per heavy atom. The van der Waals surface area contributed by atoms with E-state index in [0.29, 0.717) is 12.7 Å². The maximum absolute atomic E-state index is 8.65. The van der Waals surface area contributed by atoms with Gasteiger partial charge in [0.05, 0.1) is 12.7 Å². The van der Waals surface area contributed by atoms with Crippen LogP contribution in [0.3, 0.4) is 0 Å². The molecule has 0 radical (unpaired) electrons. The van der Waals surface area contributed by atoms with Crippen LogP contribution in [0, 0.1) is 0 Å². The highest BCUT2D eigenvalue weighted by molar-refractivity contribution is 4.81. The monoisotopic (exact) mass is 187 g/mol. The lowest BCUT2D eigenvalue weighted by molar-refractivity contribution is 0.266. The molecule has 1 aliphatic rings. The molecule has 0 amide bonds. The molecule has 0 aliphatic carbocycles. The Kier molecular flexibility index (Phi) is 4.16. The standard InChI is InChI=1S/C10H21NO2/c1-10(2,5-3-4-6-12)11-7-9-8-13-9/h9,11-12H,3-8H2,1-2H3. The van der Waals surface area contributed by atoms with Crippen molar-refractivity contribution in [3.8, 4) is 0 Å². The van der Waals surface area contributed by atoms with Gasteiger partial charge in [-0.15, -0.1) is 0 Å². The number of aliphatic hydroxyl groups excluding tert-OH is 1. The molecule has 1 aliphatic heterocycles. The Morgan fingerprint density at radius 2 is 2.15 bits per heavy atom. The molecule has 1 saturated heterocycles. The normalized spacial score (nSPS) is 21.9. The van der Waals surface area contributed by atoms with Crippen molar-refractivity contribution in [2.75, 3.05) is 19.8 Å². The highest BCUT2D eigenvalue weighted by Crippen LogP contribution is 2.15. The van der Waals surface area contributed by atoms with Crippen LogP contribution in [0.25, 0.3) is 0 Å². The average molecular weight is 187 g/mol. The fourth-order valence-electron chi connectivity index (χ4n) is 1.34. The third kappa shape index (κ3) is 5.24. The van der Waals surface area contributed by atoms with E-state index in [-0.39, 0.29) is 5.54 Å². The smallest absolute Gasteiger partial charge is 0.0934 e. The van der Waals surface area contributed by atoms with Crippen molar-refractivity contribution in [1.82, 2.24) is 5.32 Å². The molecule has 0 spiro atoms. The van der Waals surface area contributed by atoms with Crippen LogP contribution < -0.4 is 5.32 Å². The summed E-state index contributed by atoms with van der Waals surface area (Å²) >= 11 is 0. The molecule has 13 heavy (non-hydrogen) atoms. The number of hydrogen-bond acceptors (Lipinski definition) is 3. The largest absolute Gasteiger partial charge is 0.396 e. The van der Waals surface area contributed by atoms with E-state index >= 15 is 0 Å². The third-order valence-electron chi connectivity index (χ3n) is 2.42. The minimum atomic E-state index is 0.182. The van der Waals surface area contributed by atoms with Gasteiger partial charge in [-0.1, -0.05) is 0 Å². The summed E-state index contributed by atoms with van der Waals surface area (Å²) in [6.45, 7) is 6.59. The lowest BCUT2D eigenvalue weighted by atomic mass is 9.97. The predicted octanol–water partition coefficient (Wildman–Crippen LogP) is 0.916. The molecule has 2 N–H and O–H groups in total. The number of unbranched alkanes of at least 4 members (excludes halogenated alkanes) is 1. The third-order valence-corrected chi connectivity index (χ3v) is 2.42. The summed E-state index contributed by atoms with van der Waals surface area (Å²) in [6.07, 6.45) is 3.56. The van der Waals surface area contributed by atoms with Crippen molar-refractivity contribution in [3.05, 3.63) is 0 Å². The molecule has 0 saturated carbocycles. The summed E-state index contributed by atoms with van der Waals surface area (Å²) in [5.74, 6) is 0. The van der Waals surface area contributed by atoms with Crippen LogP contribution in [-0.2, 0) is 4.74 Å². The molecule has 0 bridgehead atoms. The SMILES string of the molecule is CC(C)(CCCCO)NCC1CO1. The van der Waals surface area contributed by atoms with Crippen molar-refractivity contribution in [1.29, 1.82) is 0 Å². The van der Waals surface area contributed by atoms with Gasteiger partial charge < -0.3 is 15.2 Å².